The average molecular weight is 398 g/mol. The standard InChI is InChI=1S/C14H14Br2N4/c1-7-12(17)19-14(8-5-6-8)20-13(7)18-11-9(15)3-2-4-10(11)16/h2-4,8H,5-6H2,1H3,(H3,17,18,19,20). The summed E-state index contributed by atoms with van der Waals surface area (Å²) in [5.41, 5.74) is 7.81. The molecule has 0 unspecified atom stereocenters. The van der Waals surface area contributed by atoms with Crippen molar-refractivity contribution in [1.29, 1.82) is 0 Å². The van der Waals surface area contributed by atoms with Crippen LogP contribution < -0.4 is 11.1 Å². The maximum atomic E-state index is 6.00. The first-order chi connectivity index (χ1) is 9.56. The fraction of sp³-hybridized carbons (Fsp3) is 0.286. The van der Waals surface area contributed by atoms with E-state index in [1.807, 2.05) is 25.1 Å². The van der Waals surface area contributed by atoms with E-state index in [1.54, 1.807) is 0 Å². The number of nitrogens with two attached hydrogens (primary N) is 1. The molecule has 1 saturated carbocycles. The molecule has 4 nitrogen and oxygen atoms in total. The Morgan fingerprint density at radius 1 is 1.20 bits per heavy atom. The zero-order valence-corrected chi connectivity index (χ0v) is 14.1. The quantitative estimate of drug-likeness (QED) is 0.799. The highest BCUT2D eigenvalue weighted by atomic mass is 79.9. The SMILES string of the molecule is Cc1c(N)nc(C2CC2)nc1Nc1c(Br)cccc1Br. The number of nitrogens with one attached hydrogen (secondary N) is 1. The first kappa shape index (κ1) is 13.8. The van der Waals surface area contributed by atoms with Gasteiger partial charge in [-0.15, -0.1) is 0 Å². The Kier molecular flexibility index (Phi) is 3.69. The van der Waals surface area contributed by atoms with Crippen LogP contribution >= 0.6 is 31.9 Å². The van der Waals surface area contributed by atoms with E-state index >= 15 is 0 Å². The van der Waals surface area contributed by atoms with Crippen LogP contribution in [0.15, 0.2) is 27.1 Å². The lowest BCUT2D eigenvalue weighted by molar-refractivity contribution is 0.927. The van der Waals surface area contributed by atoms with Gasteiger partial charge in [-0.25, -0.2) is 9.97 Å². The average Bonchev–Trinajstić information content (AvgIpc) is 3.23. The lowest BCUT2D eigenvalue weighted by atomic mass is 10.2. The summed E-state index contributed by atoms with van der Waals surface area (Å²) in [6.07, 6.45) is 2.31. The zero-order chi connectivity index (χ0) is 14.3. The van der Waals surface area contributed by atoms with Crippen LogP contribution in [0.3, 0.4) is 0 Å². The fourth-order valence-electron chi connectivity index (χ4n) is 1.93. The fourth-order valence-corrected chi connectivity index (χ4v) is 3.13. The summed E-state index contributed by atoms with van der Waals surface area (Å²) in [6.45, 7) is 1.93. The van der Waals surface area contributed by atoms with Gasteiger partial charge >= 0.3 is 0 Å². The molecule has 20 heavy (non-hydrogen) atoms. The highest BCUT2D eigenvalue weighted by molar-refractivity contribution is 9.11. The van der Waals surface area contributed by atoms with Crippen molar-refractivity contribution in [3.8, 4) is 0 Å². The maximum Gasteiger partial charge on any atom is 0.139 e. The van der Waals surface area contributed by atoms with Gasteiger partial charge in [-0.1, -0.05) is 6.07 Å². The van der Waals surface area contributed by atoms with Gasteiger partial charge in [0.05, 0.1) is 5.69 Å². The van der Waals surface area contributed by atoms with Gasteiger partial charge in [0.2, 0.25) is 0 Å². The number of rotatable bonds is 3. The molecule has 1 aromatic carbocycles. The Hall–Kier alpha value is -1.14. The number of nitrogens with zero attached hydrogens (tertiary/aromatic N) is 2. The van der Waals surface area contributed by atoms with Crippen molar-refractivity contribution in [2.75, 3.05) is 11.1 Å². The number of aromatic nitrogens is 2. The molecule has 1 aliphatic rings. The Bertz CT molecular complexity index is 648. The van der Waals surface area contributed by atoms with E-state index in [4.69, 9.17) is 5.73 Å². The number of para-hydroxylation sites is 1. The van der Waals surface area contributed by atoms with Crippen LogP contribution in [0, 0.1) is 6.92 Å². The smallest absolute Gasteiger partial charge is 0.139 e. The van der Waals surface area contributed by atoms with Gasteiger partial charge in [0.1, 0.15) is 17.5 Å². The summed E-state index contributed by atoms with van der Waals surface area (Å²) in [6, 6.07) is 5.93. The Morgan fingerprint density at radius 2 is 1.85 bits per heavy atom. The molecule has 6 heteroatoms. The number of nitrogen functional groups attached to an aromatic ring is 1. The molecule has 104 valence electrons. The molecule has 0 radical (unpaired) electrons. The van der Waals surface area contributed by atoms with Crippen LogP contribution in [0.2, 0.25) is 0 Å². The third-order valence-electron chi connectivity index (χ3n) is 3.35. The molecule has 1 heterocycles. The number of halogens is 2. The molecule has 0 bridgehead atoms. The van der Waals surface area contributed by atoms with Crippen LogP contribution in [0.1, 0.15) is 30.1 Å². The summed E-state index contributed by atoms with van der Waals surface area (Å²) in [5, 5.41) is 3.35. The van der Waals surface area contributed by atoms with Crippen molar-refractivity contribution in [2.24, 2.45) is 0 Å². The Balaban J connectivity index is 2.01. The van der Waals surface area contributed by atoms with Gasteiger partial charge in [0.25, 0.3) is 0 Å². The van der Waals surface area contributed by atoms with Gasteiger partial charge in [-0.3, -0.25) is 0 Å². The molecule has 3 N–H and O–H groups in total. The van der Waals surface area contributed by atoms with Crippen molar-refractivity contribution in [3.63, 3.8) is 0 Å². The van der Waals surface area contributed by atoms with Gasteiger partial charge in [0.15, 0.2) is 0 Å². The lowest BCUT2D eigenvalue weighted by Gasteiger charge is -2.14. The molecule has 0 atom stereocenters. The van der Waals surface area contributed by atoms with E-state index < -0.39 is 0 Å². The summed E-state index contributed by atoms with van der Waals surface area (Å²) >= 11 is 7.08. The van der Waals surface area contributed by atoms with Gasteiger partial charge < -0.3 is 11.1 Å². The lowest BCUT2D eigenvalue weighted by Crippen LogP contribution is -2.07. The summed E-state index contributed by atoms with van der Waals surface area (Å²) in [4.78, 5) is 9.01. The molecule has 1 fully saturated rings. The van der Waals surface area contributed by atoms with Gasteiger partial charge in [0, 0.05) is 20.4 Å². The summed E-state index contributed by atoms with van der Waals surface area (Å²) in [7, 11) is 0. The van der Waals surface area contributed by atoms with Crippen LogP contribution in [-0.2, 0) is 0 Å². The Morgan fingerprint density at radius 3 is 2.45 bits per heavy atom. The van der Waals surface area contributed by atoms with E-state index in [-0.39, 0.29) is 0 Å². The minimum Gasteiger partial charge on any atom is -0.383 e. The molecule has 3 rings (SSSR count). The molecule has 0 saturated heterocycles. The van der Waals surface area contributed by atoms with Crippen LogP contribution in [0.25, 0.3) is 0 Å². The second kappa shape index (κ2) is 5.33. The Labute approximate surface area is 134 Å². The maximum absolute atomic E-state index is 6.00. The molecule has 1 aliphatic carbocycles. The first-order valence-electron chi connectivity index (χ1n) is 6.41. The molecular weight excluding hydrogens is 384 g/mol. The minimum absolute atomic E-state index is 0.473. The topological polar surface area (TPSA) is 63.8 Å². The van der Waals surface area contributed by atoms with Crippen molar-refractivity contribution in [2.45, 2.75) is 25.7 Å². The van der Waals surface area contributed by atoms with E-state index in [0.29, 0.717) is 11.7 Å². The monoisotopic (exact) mass is 396 g/mol. The molecule has 2 aromatic rings. The van der Waals surface area contributed by atoms with E-state index in [0.717, 1.165) is 44.7 Å². The number of hydrogen-bond acceptors (Lipinski definition) is 4. The minimum atomic E-state index is 0.473. The molecule has 0 amide bonds. The van der Waals surface area contributed by atoms with Crippen LogP contribution in [0.4, 0.5) is 17.3 Å². The summed E-state index contributed by atoms with van der Waals surface area (Å²) in [5.74, 6) is 2.64. The number of benzene rings is 1. The number of anilines is 3. The number of hydrogen-bond donors (Lipinski definition) is 2. The van der Waals surface area contributed by atoms with Crippen molar-refractivity contribution in [1.82, 2.24) is 9.97 Å². The second-order valence-corrected chi connectivity index (χ2v) is 6.65. The zero-order valence-electron chi connectivity index (χ0n) is 11.0. The molecular formula is C14H14Br2N4. The third-order valence-corrected chi connectivity index (χ3v) is 4.67. The van der Waals surface area contributed by atoms with Crippen molar-refractivity contribution >= 4 is 49.2 Å². The van der Waals surface area contributed by atoms with E-state index in [2.05, 4.69) is 47.1 Å². The highest BCUT2D eigenvalue weighted by Gasteiger charge is 2.28. The molecule has 0 aliphatic heterocycles. The predicted molar refractivity (Wildman–Crippen MR) is 88.3 cm³/mol. The van der Waals surface area contributed by atoms with Gasteiger partial charge in [-0.2, -0.15) is 0 Å². The first-order valence-corrected chi connectivity index (χ1v) is 8.00. The highest BCUT2D eigenvalue weighted by Crippen LogP contribution is 2.40. The van der Waals surface area contributed by atoms with Crippen LogP contribution in [-0.4, -0.2) is 9.97 Å². The van der Waals surface area contributed by atoms with Gasteiger partial charge in [-0.05, 0) is 63.8 Å². The third kappa shape index (κ3) is 2.67. The van der Waals surface area contributed by atoms with E-state index in [9.17, 15) is 0 Å². The van der Waals surface area contributed by atoms with Crippen LogP contribution in [0.5, 0.6) is 0 Å². The van der Waals surface area contributed by atoms with Crippen molar-refractivity contribution in [3.05, 3.63) is 38.5 Å². The normalized spacial score (nSPS) is 14.3. The predicted octanol–water partition coefficient (Wildman–Crippen LogP) is 4.51. The van der Waals surface area contributed by atoms with Crippen molar-refractivity contribution < 1.29 is 0 Å². The molecule has 1 aromatic heterocycles. The molecule has 0 spiro atoms. The van der Waals surface area contributed by atoms with E-state index in [1.165, 1.54) is 0 Å². The second-order valence-electron chi connectivity index (χ2n) is 4.94. The summed E-state index contributed by atoms with van der Waals surface area (Å²) < 4.78 is 1.94. The largest absolute Gasteiger partial charge is 0.383 e.